The van der Waals surface area contributed by atoms with Crippen molar-refractivity contribution in [3.63, 3.8) is 0 Å². The normalized spacial score (nSPS) is 21.9. The Kier molecular flexibility index (Phi) is 12.2. The van der Waals surface area contributed by atoms with Crippen LogP contribution in [-0.4, -0.2) is 102 Å². The lowest BCUT2D eigenvalue weighted by molar-refractivity contribution is -0.132. The van der Waals surface area contributed by atoms with Gasteiger partial charge < -0.3 is 50.4 Å². The summed E-state index contributed by atoms with van der Waals surface area (Å²) in [4.78, 5) is 19.7. The van der Waals surface area contributed by atoms with Gasteiger partial charge in [0.15, 0.2) is 12.6 Å². The Balaban J connectivity index is 0. The third kappa shape index (κ3) is 8.46. The van der Waals surface area contributed by atoms with Crippen LogP contribution in [0.5, 0.6) is 0 Å². The Hall–Kier alpha value is -0.980. The lowest BCUT2D eigenvalue weighted by atomic mass is 10.1. The van der Waals surface area contributed by atoms with E-state index in [9.17, 15) is 9.59 Å². The molecule has 0 heterocycles. The van der Waals surface area contributed by atoms with Gasteiger partial charge in [0.25, 0.3) is 0 Å². The molecule has 0 aromatic heterocycles. The fourth-order valence-corrected chi connectivity index (χ4v) is 1.14. The van der Waals surface area contributed by atoms with E-state index >= 15 is 0 Å². The number of aliphatic hydroxyl groups excluding tert-OH is 8. The smallest absolute Gasteiger partial charge is 0.151 e. The van der Waals surface area contributed by atoms with Gasteiger partial charge in [0, 0.05) is 0 Å². The number of aldehydes is 2. The molecule has 8 atom stereocenters. The maximum Gasteiger partial charge on any atom is 0.151 e. The second kappa shape index (κ2) is 11.6. The highest BCUT2D eigenvalue weighted by Gasteiger charge is 2.28. The summed E-state index contributed by atoms with van der Waals surface area (Å²) in [6.07, 6.45) is -11.8. The molecule has 0 aliphatic rings. The highest BCUT2D eigenvalue weighted by atomic mass is 16.4. The predicted octanol–water partition coefficient (Wildman–Crippen LogP) is -4.70. The molecule has 0 saturated carbocycles. The third-order valence-corrected chi connectivity index (χ3v) is 2.67. The van der Waals surface area contributed by atoms with Crippen LogP contribution in [0.3, 0.4) is 0 Å². The van der Waals surface area contributed by atoms with E-state index in [0.29, 0.717) is 0 Å². The molecular formula is C12H24O10. The van der Waals surface area contributed by atoms with Crippen molar-refractivity contribution in [3.05, 3.63) is 0 Å². The molecule has 0 fully saturated rings. The fourth-order valence-electron chi connectivity index (χ4n) is 1.14. The number of hydrogen-bond acceptors (Lipinski definition) is 10. The summed E-state index contributed by atoms with van der Waals surface area (Å²) in [5.74, 6) is 0. The summed E-state index contributed by atoms with van der Waals surface area (Å²) in [6.45, 7) is 2.48. The van der Waals surface area contributed by atoms with Crippen LogP contribution in [0.25, 0.3) is 0 Å². The molecule has 0 rings (SSSR count). The standard InChI is InChI=1S/2C6H12O5/c2*1-3(8)5(10)6(11)4(9)2-7/h2*2-6,8-11H,1H3/t2*3-,4+,5-,6-/m11/s1. The second-order valence-corrected chi connectivity index (χ2v) is 4.70. The van der Waals surface area contributed by atoms with Gasteiger partial charge in [-0.3, -0.25) is 0 Å². The molecule has 10 nitrogen and oxygen atoms in total. The zero-order chi connectivity index (χ0) is 18.0. The molecule has 8 N–H and O–H groups in total. The van der Waals surface area contributed by atoms with Crippen molar-refractivity contribution in [2.75, 3.05) is 0 Å². The minimum absolute atomic E-state index is 0.0935. The van der Waals surface area contributed by atoms with Gasteiger partial charge >= 0.3 is 0 Å². The highest BCUT2D eigenvalue weighted by Crippen LogP contribution is 2.03. The van der Waals surface area contributed by atoms with Crippen molar-refractivity contribution in [2.24, 2.45) is 0 Å². The molecule has 0 radical (unpaired) electrons. The Morgan fingerprint density at radius 2 is 0.773 bits per heavy atom. The highest BCUT2D eigenvalue weighted by molar-refractivity contribution is 5.57. The zero-order valence-electron chi connectivity index (χ0n) is 12.2. The first-order chi connectivity index (χ1) is 10.0. The first-order valence-corrected chi connectivity index (χ1v) is 6.36. The molecular weight excluding hydrogens is 304 g/mol. The first kappa shape index (κ1) is 23.3. The van der Waals surface area contributed by atoms with Crippen LogP contribution in [0, 0.1) is 0 Å². The first-order valence-electron chi connectivity index (χ1n) is 6.36. The molecule has 132 valence electrons. The summed E-state index contributed by atoms with van der Waals surface area (Å²) < 4.78 is 0. The van der Waals surface area contributed by atoms with Gasteiger partial charge in [0.2, 0.25) is 0 Å². The van der Waals surface area contributed by atoms with Crippen LogP contribution < -0.4 is 0 Å². The van der Waals surface area contributed by atoms with E-state index in [1.54, 1.807) is 0 Å². The maximum absolute atomic E-state index is 9.87. The quantitative estimate of drug-likeness (QED) is 0.200. The average molecular weight is 328 g/mol. The van der Waals surface area contributed by atoms with E-state index in [1.165, 1.54) is 13.8 Å². The van der Waals surface area contributed by atoms with Crippen LogP contribution in [0.4, 0.5) is 0 Å². The minimum Gasteiger partial charge on any atom is -0.391 e. The van der Waals surface area contributed by atoms with Gasteiger partial charge in [-0.25, -0.2) is 0 Å². The van der Waals surface area contributed by atoms with Gasteiger partial charge in [-0.2, -0.15) is 0 Å². The SMILES string of the molecule is C[C@@H](O)[C@@H](O)[C@H](O)[C@@H](O)C=O.C[C@@H](O)[C@@H](O)[C@H](O)[C@@H](O)C=O. The number of hydrogen-bond donors (Lipinski definition) is 8. The number of aliphatic hydroxyl groups is 8. The zero-order valence-corrected chi connectivity index (χ0v) is 12.2. The van der Waals surface area contributed by atoms with Gasteiger partial charge in [0.1, 0.15) is 36.6 Å². The predicted molar refractivity (Wildman–Crippen MR) is 71.5 cm³/mol. The van der Waals surface area contributed by atoms with E-state index in [4.69, 9.17) is 40.9 Å². The fraction of sp³-hybridized carbons (Fsp3) is 0.833. The van der Waals surface area contributed by atoms with Crippen molar-refractivity contribution in [1.82, 2.24) is 0 Å². The molecule has 0 unspecified atom stereocenters. The molecule has 0 aromatic rings. The van der Waals surface area contributed by atoms with Gasteiger partial charge in [-0.15, -0.1) is 0 Å². The average Bonchev–Trinajstić information content (AvgIpc) is 2.50. The monoisotopic (exact) mass is 328 g/mol. The number of carbonyl (C=O) groups is 2. The molecule has 22 heavy (non-hydrogen) atoms. The minimum atomic E-state index is -1.65. The van der Waals surface area contributed by atoms with Crippen LogP contribution in [-0.2, 0) is 9.59 Å². The molecule has 0 bridgehead atoms. The van der Waals surface area contributed by atoms with Crippen LogP contribution in [0.15, 0.2) is 0 Å². The summed E-state index contributed by atoms with van der Waals surface area (Å²) in [6, 6.07) is 0. The summed E-state index contributed by atoms with van der Waals surface area (Å²) >= 11 is 0. The van der Waals surface area contributed by atoms with Gasteiger partial charge in [-0.05, 0) is 13.8 Å². The van der Waals surface area contributed by atoms with E-state index < -0.39 is 48.8 Å². The maximum atomic E-state index is 9.87. The molecule has 0 amide bonds. The van der Waals surface area contributed by atoms with Crippen LogP contribution >= 0.6 is 0 Å². The lowest BCUT2D eigenvalue weighted by Crippen LogP contribution is -2.43. The molecule has 0 spiro atoms. The van der Waals surface area contributed by atoms with Crippen molar-refractivity contribution in [3.8, 4) is 0 Å². The van der Waals surface area contributed by atoms with Crippen molar-refractivity contribution < 1.29 is 50.4 Å². The molecule has 0 aromatic carbocycles. The largest absolute Gasteiger partial charge is 0.391 e. The van der Waals surface area contributed by atoms with Gasteiger partial charge in [-0.1, -0.05) is 0 Å². The summed E-state index contributed by atoms with van der Waals surface area (Å²) in [5, 5.41) is 70.2. The topological polar surface area (TPSA) is 196 Å². The number of rotatable bonds is 8. The third-order valence-electron chi connectivity index (χ3n) is 2.67. The Bertz CT molecular complexity index is 278. The summed E-state index contributed by atoms with van der Waals surface area (Å²) in [5.41, 5.74) is 0. The van der Waals surface area contributed by atoms with E-state index in [0.717, 1.165) is 0 Å². The molecule has 10 heteroatoms. The van der Waals surface area contributed by atoms with Crippen molar-refractivity contribution in [1.29, 1.82) is 0 Å². The Morgan fingerprint density at radius 3 is 0.909 bits per heavy atom. The van der Waals surface area contributed by atoms with Crippen molar-refractivity contribution in [2.45, 2.75) is 62.7 Å². The Morgan fingerprint density at radius 1 is 0.545 bits per heavy atom. The van der Waals surface area contributed by atoms with E-state index in [-0.39, 0.29) is 12.6 Å². The number of carbonyl (C=O) groups excluding carboxylic acids is 2. The second-order valence-electron chi connectivity index (χ2n) is 4.70. The molecule has 0 aliphatic heterocycles. The lowest BCUT2D eigenvalue weighted by Gasteiger charge is -2.21. The van der Waals surface area contributed by atoms with Crippen LogP contribution in [0.1, 0.15) is 13.8 Å². The summed E-state index contributed by atoms with van der Waals surface area (Å²) in [7, 11) is 0. The van der Waals surface area contributed by atoms with Crippen LogP contribution in [0.2, 0.25) is 0 Å². The molecule has 0 aliphatic carbocycles. The molecule has 0 saturated heterocycles. The Labute approximate surface area is 126 Å². The van der Waals surface area contributed by atoms with E-state index in [1.807, 2.05) is 0 Å². The van der Waals surface area contributed by atoms with E-state index in [2.05, 4.69) is 0 Å². The van der Waals surface area contributed by atoms with Crippen molar-refractivity contribution >= 4 is 12.6 Å². The van der Waals surface area contributed by atoms with Gasteiger partial charge in [0.05, 0.1) is 12.2 Å².